The van der Waals surface area contributed by atoms with Gasteiger partial charge in [0.05, 0.1) is 17.2 Å². The summed E-state index contributed by atoms with van der Waals surface area (Å²) in [5, 5.41) is 18.2. The lowest BCUT2D eigenvalue weighted by Crippen LogP contribution is -2.71. The molecule has 5 N–H and O–H groups in total. The van der Waals surface area contributed by atoms with E-state index < -0.39 is 35.1 Å². The van der Waals surface area contributed by atoms with Crippen LogP contribution in [0.4, 0.5) is 5.13 Å². The van der Waals surface area contributed by atoms with Gasteiger partial charge in [-0.2, -0.15) is 9.36 Å². The van der Waals surface area contributed by atoms with Crippen molar-refractivity contribution in [2.45, 2.75) is 49.7 Å². The molecular formula is C25H26N8O6S2. The van der Waals surface area contributed by atoms with Gasteiger partial charge in [0, 0.05) is 29.4 Å². The summed E-state index contributed by atoms with van der Waals surface area (Å²) in [6.45, 7) is 0.379. The summed E-state index contributed by atoms with van der Waals surface area (Å²) in [7, 11) is 0. The summed E-state index contributed by atoms with van der Waals surface area (Å²) < 4.78 is 5.82. The van der Waals surface area contributed by atoms with E-state index in [2.05, 4.69) is 19.8 Å². The maximum atomic E-state index is 13.2. The number of oxime groups is 1. The van der Waals surface area contributed by atoms with Crippen LogP contribution >= 0.6 is 23.3 Å². The third-order valence-electron chi connectivity index (χ3n) is 6.75. The first-order valence-electron chi connectivity index (χ1n) is 12.7. The normalized spacial score (nSPS) is 21.1. The van der Waals surface area contributed by atoms with Gasteiger partial charge in [0.25, 0.3) is 11.8 Å². The van der Waals surface area contributed by atoms with Crippen molar-refractivity contribution in [2.24, 2.45) is 10.9 Å². The van der Waals surface area contributed by atoms with Crippen molar-refractivity contribution < 1.29 is 33.7 Å². The predicted octanol–water partition coefficient (Wildman–Crippen LogP) is -1.17. The molecule has 2 fully saturated rings. The number of hydrogen-bond acceptors (Lipinski definition) is 12. The highest BCUT2D eigenvalue weighted by molar-refractivity contribution is 8.00. The maximum absolute atomic E-state index is 13.2. The lowest BCUT2D eigenvalue weighted by Gasteiger charge is -2.50. The maximum Gasteiger partial charge on any atom is 0.278 e. The minimum absolute atomic E-state index is 0.0206. The minimum Gasteiger partial charge on any atom is -0.543 e. The SMILES string of the molecule is NC(=O)c1cc[n+](C/C=C/C2=C(C(=O)[O-])N3C(=O)C(NC(=O)/C(=N/OC4CCCC4)c4nsc(N)n4)[C@H]3SC2)cc1. The molecule has 2 atom stereocenters. The number of nitrogens with zero attached hydrogens (tertiary/aromatic N) is 5. The molecule has 41 heavy (non-hydrogen) atoms. The van der Waals surface area contributed by atoms with Gasteiger partial charge in [-0.25, -0.2) is 4.57 Å². The lowest BCUT2D eigenvalue weighted by atomic mass is 10.0. The number of rotatable bonds is 10. The number of carboxylic acids is 1. The average molecular weight is 599 g/mol. The van der Waals surface area contributed by atoms with Gasteiger partial charge in [-0.05, 0) is 37.3 Å². The van der Waals surface area contributed by atoms with Gasteiger partial charge < -0.3 is 31.5 Å². The molecule has 0 bridgehead atoms. The summed E-state index contributed by atoms with van der Waals surface area (Å²) in [5.41, 5.74) is 11.2. The van der Waals surface area contributed by atoms with Gasteiger partial charge >= 0.3 is 0 Å². The van der Waals surface area contributed by atoms with Crippen LogP contribution in [-0.2, 0) is 25.8 Å². The second-order valence-corrected chi connectivity index (χ2v) is 11.4. The fraction of sp³-hybridized carbons (Fsp3) is 0.360. The van der Waals surface area contributed by atoms with E-state index in [1.807, 2.05) is 0 Å². The minimum atomic E-state index is -1.50. The van der Waals surface area contributed by atoms with E-state index in [4.69, 9.17) is 16.3 Å². The van der Waals surface area contributed by atoms with Crippen LogP contribution in [0.3, 0.4) is 0 Å². The Morgan fingerprint density at radius 3 is 2.63 bits per heavy atom. The number of aliphatic carboxylic acids is 1. The van der Waals surface area contributed by atoms with Crippen molar-refractivity contribution in [2.75, 3.05) is 11.5 Å². The Morgan fingerprint density at radius 1 is 1.27 bits per heavy atom. The van der Waals surface area contributed by atoms with Gasteiger partial charge in [-0.1, -0.05) is 11.2 Å². The molecule has 3 aliphatic rings. The van der Waals surface area contributed by atoms with Crippen molar-refractivity contribution in [1.29, 1.82) is 0 Å². The molecule has 1 saturated heterocycles. The van der Waals surface area contributed by atoms with E-state index in [9.17, 15) is 24.3 Å². The van der Waals surface area contributed by atoms with Gasteiger partial charge in [-0.15, -0.1) is 11.8 Å². The van der Waals surface area contributed by atoms with Crippen LogP contribution in [0.25, 0.3) is 0 Å². The number of hydrogen-bond donors (Lipinski definition) is 3. The van der Waals surface area contributed by atoms with Crippen LogP contribution in [0.1, 0.15) is 41.9 Å². The molecule has 2 aromatic heterocycles. The molecule has 0 radical (unpaired) electrons. The molecule has 0 aromatic carbocycles. The Kier molecular flexibility index (Phi) is 8.30. The van der Waals surface area contributed by atoms with Crippen molar-refractivity contribution in [1.82, 2.24) is 19.6 Å². The summed E-state index contributed by atoms with van der Waals surface area (Å²) in [6, 6.07) is 2.15. The zero-order valence-electron chi connectivity index (χ0n) is 21.6. The molecule has 16 heteroatoms. The van der Waals surface area contributed by atoms with Crippen LogP contribution < -0.4 is 26.5 Å². The second-order valence-electron chi connectivity index (χ2n) is 9.48. The monoisotopic (exact) mass is 598 g/mol. The van der Waals surface area contributed by atoms with Crippen LogP contribution in [-0.4, -0.2) is 66.9 Å². The van der Waals surface area contributed by atoms with Crippen molar-refractivity contribution in [3.63, 3.8) is 0 Å². The van der Waals surface area contributed by atoms with E-state index in [1.54, 1.807) is 41.2 Å². The number of nitrogen functional groups attached to an aromatic ring is 1. The Labute approximate surface area is 242 Å². The molecule has 4 heterocycles. The Morgan fingerprint density at radius 2 is 2.00 bits per heavy atom. The topological polar surface area (TPSA) is 210 Å². The highest BCUT2D eigenvalue weighted by Crippen LogP contribution is 2.40. The number of carbonyl (C=O) groups is 4. The number of aromatic nitrogens is 3. The van der Waals surface area contributed by atoms with Gasteiger partial charge in [0.15, 0.2) is 24.1 Å². The number of carboxylic acid groups (broad SMARTS) is 1. The fourth-order valence-corrected chi connectivity index (χ4v) is 6.42. The molecule has 0 spiro atoms. The molecule has 1 unspecified atom stereocenters. The summed E-state index contributed by atoms with van der Waals surface area (Å²) in [4.78, 5) is 60.3. The number of carbonyl (C=O) groups excluding carboxylic acids is 4. The first-order chi connectivity index (χ1) is 19.7. The largest absolute Gasteiger partial charge is 0.543 e. The highest BCUT2D eigenvalue weighted by Gasteiger charge is 2.53. The predicted molar refractivity (Wildman–Crippen MR) is 146 cm³/mol. The Balaban J connectivity index is 1.28. The molecule has 1 saturated carbocycles. The van der Waals surface area contributed by atoms with E-state index in [0.29, 0.717) is 17.7 Å². The average Bonchev–Trinajstić information content (AvgIpc) is 3.63. The van der Waals surface area contributed by atoms with Crippen molar-refractivity contribution in [3.8, 4) is 0 Å². The van der Waals surface area contributed by atoms with Crippen LogP contribution in [0.2, 0.25) is 0 Å². The Hall–Kier alpha value is -4.31. The van der Waals surface area contributed by atoms with Gasteiger partial charge in [0.2, 0.25) is 17.4 Å². The third kappa shape index (κ3) is 6.07. The zero-order chi connectivity index (χ0) is 29.1. The summed E-state index contributed by atoms with van der Waals surface area (Å²) in [6.07, 6.45) is 10.2. The third-order valence-corrected chi connectivity index (χ3v) is 8.60. The number of anilines is 1. The van der Waals surface area contributed by atoms with Gasteiger partial charge in [-0.3, -0.25) is 19.3 Å². The summed E-state index contributed by atoms with van der Waals surface area (Å²) >= 11 is 2.20. The van der Waals surface area contributed by atoms with Crippen molar-refractivity contribution in [3.05, 3.63) is 59.3 Å². The number of thioether (sulfide) groups is 1. The van der Waals surface area contributed by atoms with E-state index in [0.717, 1.165) is 42.1 Å². The fourth-order valence-electron chi connectivity index (χ4n) is 4.67. The molecule has 214 valence electrons. The molecular weight excluding hydrogens is 572 g/mol. The molecule has 5 rings (SSSR count). The van der Waals surface area contributed by atoms with E-state index in [-0.39, 0.29) is 34.2 Å². The van der Waals surface area contributed by atoms with Crippen LogP contribution in [0, 0.1) is 0 Å². The first-order valence-corrected chi connectivity index (χ1v) is 14.5. The Bertz CT molecular complexity index is 1460. The quantitative estimate of drug-likeness (QED) is 0.129. The molecule has 2 aliphatic heterocycles. The number of pyridine rings is 1. The zero-order valence-corrected chi connectivity index (χ0v) is 23.2. The molecule has 14 nitrogen and oxygen atoms in total. The smallest absolute Gasteiger partial charge is 0.278 e. The summed E-state index contributed by atoms with van der Waals surface area (Å²) in [5.74, 6) is -3.12. The first kappa shape index (κ1) is 28.2. The molecule has 2 aromatic rings. The number of nitrogens with two attached hydrogens (primary N) is 2. The highest BCUT2D eigenvalue weighted by atomic mass is 32.2. The number of nitrogens with one attached hydrogen (secondary N) is 1. The van der Waals surface area contributed by atoms with Gasteiger partial charge in [0.1, 0.15) is 17.5 Å². The van der Waals surface area contributed by atoms with E-state index in [1.165, 1.54) is 11.8 Å². The second kappa shape index (κ2) is 12.1. The number of fused-ring (bicyclic) bond motifs is 1. The van der Waals surface area contributed by atoms with E-state index >= 15 is 0 Å². The number of primary amides is 1. The standard InChI is InChI=1S/C25H26N8O6S2/c26-19(34)13-7-10-32(11-8-13)9-3-4-14-12-40-23-17(22(36)33(23)18(14)24(37)38)28-21(35)16(20-29-25(27)41-31-20)30-39-15-5-1-2-6-15/h3-4,7-8,10-11,15,17,23H,1-2,5-6,9,12H2,(H5-,26,27,28,29,31,34,35,37,38)/b4-3+,30-16+/t17?,23-/m1/s1. The lowest BCUT2D eigenvalue weighted by molar-refractivity contribution is -0.687. The van der Waals surface area contributed by atoms with Crippen LogP contribution in [0.5, 0.6) is 0 Å². The number of β-lactam (4-membered cyclic amide) rings is 1. The van der Waals surface area contributed by atoms with Crippen molar-refractivity contribution >= 4 is 57.8 Å². The number of allylic oxidation sites excluding steroid dienone is 2. The van der Waals surface area contributed by atoms with Crippen LogP contribution in [0.15, 0.2) is 53.1 Å². The molecule has 1 aliphatic carbocycles. The number of amides is 3. The molecule has 3 amide bonds.